The van der Waals surface area contributed by atoms with Gasteiger partial charge in [-0.1, -0.05) is 54.6 Å². The van der Waals surface area contributed by atoms with Crippen molar-refractivity contribution in [2.75, 3.05) is 11.9 Å². The molecule has 4 aromatic carbocycles. The van der Waals surface area contributed by atoms with E-state index in [2.05, 4.69) is 5.32 Å². The Morgan fingerprint density at radius 1 is 0.905 bits per heavy atom. The third-order valence-electron chi connectivity index (χ3n) is 8.70. The fourth-order valence-electron chi connectivity index (χ4n) is 7.07. The van der Waals surface area contributed by atoms with Gasteiger partial charge in [-0.05, 0) is 72.2 Å². The monoisotopic (exact) mass is 558 g/mol. The molecule has 4 unspecified atom stereocenters. The van der Waals surface area contributed by atoms with Crippen LogP contribution in [0, 0.1) is 11.7 Å². The number of carbonyl (C=O) groups excluding carboxylic acids is 3. The van der Waals surface area contributed by atoms with Gasteiger partial charge in [0, 0.05) is 17.5 Å². The Hall–Kier alpha value is -5.04. The fraction of sp³-hybridized carbons (Fsp3) is 0.171. The summed E-state index contributed by atoms with van der Waals surface area (Å²) in [4.78, 5) is 45.9. The van der Waals surface area contributed by atoms with Crippen molar-refractivity contribution in [1.82, 2.24) is 4.90 Å². The highest BCUT2D eigenvalue weighted by Gasteiger charge is 2.70. The molecular formula is C35H27FN2O4. The van der Waals surface area contributed by atoms with Gasteiger partial charge in [0.05, 0.1) is 24.1 Å². The van der Waals surface area contributed by atoms with Gasteiger partial charge in [-0.2, -0.15) is 0 Å². The first-order valence-corrected chi connectivity index (χ1v) is 14.0. The van der Waals surface area contributed by atoms with E-state index in [1.807, 2.05) is 72.6 Å². The maximum Gasteiger partial charge on any atom is 0.238 e. The lowest BCUT2D eigenvalue weighted by Gasteiger charge is -2.38. The van der Waals surface area contributed by atoms with Crippen LogP contribution in [-0.4, -0.2) is 35.0 Å². The summed E-state index contributed by atoms with van der Waals surface area (Å²) in [6.07, 6.45) is 3.72. The van der Waals surface area contributed by atoms with Crippen LogP contribution in [0.3, 0.4) is 0 Å². The van der Waals surface area contributed by atoms with Crippen LogP contribution in [0.25, 0.3) is 6.08 Å². The van der Waals surface area contributed by atoms with E-state index >= 15 is 0 Å². The summed E-state index contributed by atoms with van der Waals surface area (Å²) in [5.74, 6) is -2.30. The zero-order valence-corrected chi connectivity index (χ0v) is 22.8. The third kappa shape index (κ3) is 3.59. The maximum atomic E-state index is 15.0. The van der Waals surface area contributed by atoms with Crippen molar-refractivity contribution in [2.24, 2.45) is 5.92 Å². The predicted molar refractivity (Wildman–Crippen MR) is 157 cm³/mol. The van der Waals surface area contributed by atoms with E-state index in [4.69, 9.17) is 4.74 Å². The molecule has 1 fully saturated rings. The number of benzene rings is 4. The summed E-state index contributed by atoms with van der Waals surface area (Å²) in [5, 5.41) is 3.04. The van der Waals surface area contributed by atoms with E-state index < -0.39 is 29.2 Å². The molecule has 0 saturated carbocycles. The second-order valence-corrected chi connectivity index (χ2v) is 10.8. The number of halogens is 1. The quantitative estimate of drug-likeness (QED) is 0.285. The molecule has 3 heterocycles. The van der Waals surface area contributed by atoms with Crippen molar-refractivity contribution >= 4 is 29.2 Å². The average molecular weight is 559 g/mol. The average Bonchev–Trinajstić information content (AvgIpc) is 3.49. The van der Waals surface area contributed by atoms with Crippen LogP contribution in [0.4, 0.5) is 10.1 Å². The number of hydrogen-bond donors (Lipinski definition) is 1. The van der Waals surface area contributed by atoms with Crippen LogP contribution in [0.1, 0.15) is 50.4 Å². The van der Waals surface area contributed by atoms with Crippen molar-refractivity contribution in [2.45, 2.75) is 24.4 Å². The molecule has 0 bridgehead atoms. The van der Waals surface area contributed by atoms with E-state index in [0.717, 1.165) is 11.1 Å². The Bertz CT molecular complexity index is 1780. The molecular weight excluding hydrogens is 531 g/mol. The van der Waals surface area contributed by atoms with E-state index in [0.29, 0.717) is 29.2 Å². The summed E-state index contributed by atoms with van der Waals surface area (Å²) in [6.45, 7) is 2.17. The molecule has 4 aromatic rings. The number of hydrogen-bond acceptors (Lipinski definition) is 5. The molecule has 1 spiro atoms. The lowest BCUT2D eigenvalue weighted by Crippen LogP contribution is -2.49. The molecule has 208 valence electrons. The number of para-hydroxylation sites is 2. The number of fused-ring (bicyclic) bond motifs is 6. The van der Waals surface area contributed by atoms with Gasteiger partial charge in [-0.25, -0.2) is 4.39 Å². The van der Waals surface area contributed by atoms with Crippen molar-refractivity contribution in [1.29, 1.82) is 0 Å². The van der Waals surface area contributed by atoms with Gasteiger partial charge < -0.3 is 15.0 Å². The van der Waals surface area contributed by atoms with Gasteiger partial charge in [0.25, 0.3) is 0 Å². The number of carbonyl (C=O) groups is 3. The first kappa shape index (κ1) is 25.9. The number of ketones is 2. The highest BCUT2D eigenvalue weighted by atomic mass is 19.1. The smallest absolute Gasteiger partial charge is 0.238 e. The molecule has 1 saturated heterocycles. The highest BCUT2D eigenvalue weighted by Crippen LogP contribution is 2.62. The minimum atomic E-state index is -1.45. The van der Waals surface area contributed by atoms with Crippen LogP contribution in [0.2, 0.25) is 0 Å². The van der Waals surface area contributed by atoms with Crippen LogP contribution in [0.15, 0.2) is 103 Å². The molecule has 3 aliphatic rings. The van der Waals surface area contributed by atoms with Gasteiger partial charge in [0.2, 0.25) is 5.91 Å². The molecule has 3 aliphatic heterocycles. The van der Waals surface area contributed by atoms with Crippen molar-refractivity contribution < 1.29 is 23.5 Å². The first-order valence-electron chi connectivity index (χ1n) is 14.0. The Balaban J connectivity index is 1.54. The Labute approximate surface area is 242 Å². The van der Waals surface area contributed by atoms with E-state index in [9.17, 15) is 18.8 Å². The SMILES string of the molecule is CCOc1ccccc1C(=O)C1C(C(=O)c2ccc(F)cc2)N2C=Cc3ccccc3C2C12C(=O)Nc1ccccc12. The molecule has 6 nitrogen and oxygen atoms in total. The highest BCUT2D eigenvalue weighted by molar-refractivity contribution is 6.17. The molecule has 7 rings (SSSR count). The largest absolute Gasteiger partial charge is 0.493 e. The number of ether oxygens (including phenoxy) is 1. The topological polar surface area (TPSA) is 75.7 Å². The summed E-state index contributed by atoms with van der Waals surface area (Å²) in [5.41, 5.74) is 2.14. The standard InChI is InChI=1S/C35H27FN2O4/c1-2-42-28-14-8-5-11-25(28)32(40)29-30(31(39)22-15-17-23(36)18-16-22)38-20-19-21-9-3-4-10-24(21)33(38)35(29)26-12-6-7-13-27(26)37-34(35)41/h3-20,29-30,33H,2H2,1H3,(H,37,41). The van der Waals surface area contributed by atoms with Crippen LogP contribution < -0.4 is 10.1 Å². The Morgan fingerprint density at radius 3 is 2.43 bits per heavy atom. The molecule has 42 heavy (non-hydrogen) atoms. The second kappa shape index (κ2) is 9.80. The van der Waals surface area contributed by atoms with Crippen molar-refractivity contribution in [3.63, 3.8) is 0 Å². The molecule has 7 heteroatoms. The summed E-state index contributed by atoms with van der Waals surface area (Å²) in [7, 11) is 0. The molecule has 1 amide bonds. The first-order chi connectivity index (χ1) is 20.5. The summed E-state index contributed by atoms with van der Waals surface area (Å²) < 4.78 is 19.8. The van der Waals surface area contributed by atoms with Gasteiger partial charge in [0.15, 0.2) is 11.6 Å². The van der Waals surface area contributed by atoms with Crippen molar-refractivity contribution in [3.05, 3.63) is 137 Å². The number of rotatable bonds is 6. The fourth-order valence-corrected chi connectivity index (χ4v) is 7.07. The Kier molecular flexibility index (Phi) is 6.04. The number of anilines is 1. The molecule has 4 atom stereocenters. The normalized spacial score (nSPS) is 23.2. The predicted octanol–water partition coefficient (Wildman–Crippen LogP) is 6.21. The Morgan fingerprint density at radius 2 is 1.62 bits per heavy atom. The number of Topliss-reactive ketones (excluding diaryl/α,β-unsaturated/α-hetero) is 2. The minimum Gasteiger partial charge on any atom is -0.493 e. The lowest BCUT2D eigenvalue weighted by atomic mass is 9.62. The van der Waals surface area contributed by atoms with E-state index in [1.54, 1.807) is 24.3 Å². The number of amides is 1. The van der Waals surface area contributed by atoms with E-state index in [1.165, 1.54) is 24.3 Å². The van der Waals surface area contributed by atoms with Crippen molar-refractivity contribution in [3.8, 4) is 5.75 Å². The molecule has 1 N–H and O–H groups in total. The van der Waals surface area contributed by atoms with Crippen LogP contribution in [0.5, 0.6) is 5.75 Å². The van der Waals surface area contributed by atoms with Gasteiger partial charge >= 0.3 is 0 Å². The zero-order valence-electron chi connectivity index (χ0n) is 22.8. The number of nitrogens with zero attached hydrogens (tertiary/aromatic N) is 1. The van der Waals surface area contributed by atoms with E-state index in [-0.39, 0.29) is 23.0 Å². The lowest BCUT2D eigenvalue weighted by molar-refractivity contribution is -0.122. The third-order valence-corrected chi connectivity index (χ3v) is 8.70. The maximum absolute atomic E-state index is 15.0. The zero-order chi connectivity index (χ0) is 29.0. The molecule has 0 aliphatic carbocycles. The second-order valence-electron chi connectivity index (χ2n) is 10.8. The number of nitrogens with one attached hydrogen (secondary N) is 1. The van der Waals surface area contributed by atoms with Gasteiger partial charge in [-0.15, -0.1) is 0 Å². The minimum absolute atomic E-state index is 0.257. The molecule has 0 aromatic heterocycles. The summed E-state index contributed by atoms with van der Waals surface area (Å²) in [6, 6.07) is 25.6. The van der Waals surface area contributed by atoms with Crippen LogP contribution >= 0.6 is 0 Å². The summed E-state index contributed by atoms with van der Waals surface area (Å²) >= 11 is 0. The van der Waals surface area contributed by atoms with Gasteiger partial charge in [0.1, 0.15) is 23.0 Å². The molecule has 0 radical (unpaired) electrons. The van der Waals surface area contributed by atoms with Crippen LogP contribution in [-0.2, 0) is 10.2 Å². The van der Waals surface area contributed by atoms with Gasteiger partial charge in [-0.3, -0.25) is 14.4 Å².